The Labute approximate surface area is 149 Å². The van der Waals surface area contributed by atoms with E-state index >= 15 is 0 Å². The molecule has 1 unspecified atom stereocenters. The van der Waals surface area contributed by atoms with E-state index < -0.39 is 9.84 Å². The topological polar surface area (TPSA) is 98.9 Å². The zero-order valence-corrected chi connectivity index (χ0v) is 15.5. The minimum atomic E-state index is -3.59. The molecule has 25 heavy (non-hydrogen) atoms. The molecule has 1 aliphatic rings. The Hall–Kier alpha value is -1.80. The third kappa shape index (κ3) is 4.64. The molecule has 8 heteroatoms. The lowest BCUT2D eigenvalue weighted by Crippen LogP contribution is -2.47. The van der Waals surface area contributed by atoms with Crippen molar-refractivity contribution in [2.75, 3.05) is 33.1 Å². The number of methoxy groups -OCH3 is 2. The smallest absolute Gasteiger partial charge is 0.223 e. The van der Waals surface area contributed by atoms with Crippen molar-refractivity contribution < 1.29 is 22.7 Å². The Morgan fingerprint density at radius 2 is 1.96 bits per heavy atom. The van der Waals surface area contributed by atoms with Crippen LogP contribution in [0.5, 0.6) is 11.5 Å². The number of piperidine rings is 1. The zero-order valence-electron chi connectivity index (χ0n) is 14.7. The number of carbonyl (C=O) groups excluding carboxylic acids is 1. The van der Waals surface area contributed by atoms with E-state index in [1.807, 2.05) is 0 Å². The largest absolute Gasteiger partial charge is 0.493 e. The molecular weight excluding hydrogens is 344 g/mol. The third-order valence-electron chi connectivity index (χ3n) is 4.52. The molecule has 2 N–H and O–H groups in total. The minimum Gasteiger partial charge on any atom is -0.493 e. The van der Waals surface area contributed by atoms with E-state index in [4.69, 9.17) is 15.2 Å². The van der Waals surface area contributed by atoms with Crippen LogP contribution in [0.2, 0.25) is 0 Å². The van der Waals surface area contributed by atoms with Crippen molar-refractivity contribution in [2.45, 2.75) is 36.6 Å². The number of hydrogen-bond donors (Lipinski definition) is 1. The number of hydrogen-bond acceptors (Lipinski definition) is 6. The van der Waals surface area contributed by atoms with Gasteiger partial charge in [0.15, 0.2) is 21.3 Å². The van der Waals surface area contributed by atoms with Gasteiger partial charge < -0.3 is 20.1 Å². The van der Waals surface area contributed by atoms with Crippen LogP contribution in [0.25, 0.3) is 0 Å². The first kappa shape index (κ1) is 19.5. The lowest BCUT2D eigenvalue weighted by Gasteiger charge is -2.35. The average Bonchev–Trinajstić information content (AvgIpc) is 2.65. The van der Waals surface area contributed by atoms with E-state index in [1.54, 1.807) is 11.0 Å². The summed E-state index contributed by atoms with van der Waals surface area (Å²) in [5.41, 5.74) is 5.73. The fourth-order valence-electron chi connectivity index (χ4n) is 3.07. The standard InChI is InChI=1S/C17H26N2O5S/c1-23-15-7-6-14(11-16(15)24-2)25(21,22)10-8-17(20)19-9-4-3-5-13(19)12-18/h6-7,11,13H,3-5,8-10,12,18H2,1-2H3. The van der Waals surface area contributed by atoms with Crippen molar-refractivity contribution in [3.63, 3.8) is 0 Å². The highest BCUT2D eigenvalue weighted by atomic mass is 32.2. The maximum absolute atomic E-state index is 12.5. The minimum absolute atomic E-state index is 0.0186. The van der Waals surface area contributed by atoms with Crippen molar-refractivity contribution in [3.05, 3.63) is 18.2 Å². The van der Waals surface area contributed by atoms with E-state index in [9.17, 15) is 13.2 Å². The molecule has 0 radical (unpaired) electrons. The Bertz CT molecular complexity index is 705. The van der Waals surface area contributed by atoms with Crippen LogP contribution in [-0.2, 0) is 14.6 Å². The van der Waals surface area contributed by atoms with Crippen LogP contribution < -0.4 is 15.2 Å². The number of sulfone groups is 1. The van der Waals surface area contributed by atoms with Gasteiger partial charge >= 0.3 is 0 Å². The van der Waals surface area contributed by atoms with Crippen LogP contribution in [0.3, 0.4) is 0 Å². The molecule has 2 rings (SSSR count). The quantitative estimate of drug-likeness (QED) is 0.774. The first-order valence-corrected chi connectivity index (χ1v) is 10.0. The van der Waals surface area contributed by atoms with Gasteiger partial charge in [-0.15, -0.1) is 0 Å². The molecule has 1 aromatic rings. The predicted octanol–water partition coefficient (Wildman–Crippen LogP) is 1.21. The van der Waals surface area contributed by atoms with Crippen LogP contribution in [0, 0.1) is 0 Å². The number of ether oxygens (including phenoxy) is 2. The molecule has 1 fully saturated rings. The SMILES string of the molecule is COc1ccc(S(=O)(=O)CCC(=O)N2CCCCC2CN)cc1OC. The number of likely N-dealkylation sites (tertiary alicyclic amines) is 1. The van der Waals surface area contributed by atoms with E-state index in [1.165, 1.54) is 26.4 Å². The molecule has 1 aromatic carbocycles. The van der Waals surface area contributed by atoms with Gasteiger partial charge in [-0.3, -0.25) is 4.79 Å². The van der Waals surface area contributed by atoms with Gasteiger partial charge in [-0.2, -0.15) is 0 Å². The lowest BCUT2D eigenvalue weighted by atomic mass is 10.0. The molecule has 0 aliphatic carbocycles. The Kier molecular flexibility index (Phi) is 6.66. The van der Waals surface area contributed by atoms with Gasteiger partial charge in [-0.05, 0) is 31.4 Å². The Balaban J connectivity index is 2.07. The van der Waals surface area contributed by atoms with Crippen molar-refractivity contribution in [3.8, 4) is 11.5 Å². The summed E-state index contributed by atoms with van der Waals surface area (Å²) in [5, 5.41) is 0. The summed E-state index contributed by atoms with van der Waals surface area (Å²) >= 11 is 0. The maximum atomic E-state index is 12.5. The summed E-state index contributed by atoms with van der Waals surface area (Å²) in [7, 11) is -0.661. The second-order valence-electron chi connectivity index (χ2n) is 6.06. The second-order valence-corrected chi connectivity index (χ2v) is 8.17. The van der Waals surface area contributed by atoms with Crippen molar-refractivity contribution in [1.82, 2.24) is 4.90 Å². The predicted molar refractivity (Wildman–Crippen MR) is 94.6 cm³/mol. The number of rotatable bonds is 7. The number of amides is 1. The summed E-state index contributed by atoms with van der Waals surface area (Å²) in [6.45, 7) is 1.06. The van der Waals surface area contributed by atoms with Gasteiger partial charge in [0.1, 0.15) is 0 Å². The molecule has 0 aromatic heterocycles. The summed E-state index contributed by atoms with van der Waals surface area (Å²) in [4.78, 5) is 14.3. The highest BCUT2D eigenvalue weighted by molar-refractivity contribution is 7.91. The molecule has 1 aliphatic heterocycles. The molecule has 7 nitrogen and oxygen atoms in total. The van der Waals surface area contributed by atoms with Crippen LogP contribution in [0.1, 0.15) is 25.7 Å². The fourth-order valence-corrected chi connectivity index (χ4v) is 4.31. The first-order valence-electron chi connectivity index (χ1n) is 8.37. The number of nitrogens with zero attached hydrogens (tertiary/aromatic N) is 1. The maximum Gasteiger partial charge on any atom is 0.223 e. The molecule has 1 heterocycles. The molecule has 0 spiro atoms. The van der Waals surface area contributed by atoms with E-state index in [2.05, 4.69) is 0 Å². The van der Waals surface area contributed by atoms with Crippen LogP contribution >= 0.6 is 0 Å². The van der Waals surface area contributed by atoms with Crippen LogP contribution in [-0.4, -0.2) is 58.3 Å². The summed E-state index contributed by atoms with van der Waals surface area (Å²) in [6, 6.07) is 4.44. The molecular formula is C17H26N2O5S. The molecule has 0 saturated carbocycles. The van der Waals surface area contributed by atoms with Crippen LogP contribution in [0.15, 0.2) is 23.1 Å². The zero-order chi connectivity index (χ0) is 18.4. The Morgan fingerprint density at radius 3 is 2.60 bits per heavy atom. The third-order valence-corrected chi connectivity index (χ3v) is 6.23. The van der Waals surface area contributed by atoms with E-state index in [-0.39, 0.29) is 29.0 Å². The summed E-state index contributed by atoms with van der Waals surface area (Å²) in [6.07, 6.45) is 2.82. The molecule has 1 atom stereocenters. The van der Waals surface area contributed by atoms with Crippen molar-refractivity contribution in [2.24, 2.45) is 5.73 Å². The first-order chi connectivity index (χ1) is 11.9. The highest BCUT2D eigenvalue weighted by Crippen LogP contribution is 2.30. The highest BCUT2D eigenvalue weighted by Gasteiger charge is 2.27. The summed E-state index contributed by atoms with van der Waals surface area (Å²) in [5.74, 6) is 0.403. The lowest BCUT2D eigenvalue weighted by molar-refractivity contribution is -0.134. The van der Waals surface area contributed by atoms with Gasteiger partial charge in [-0.1, -0.05) is 0 Å². The van der Waals surface area contributed by atoms with Crippen molar-refractivity contribution in [1.29, 1.82) is 0 Å². The van der Waals surface area contributed by atoms with E-state index in [0.29, 0.717) is 24.6 Å². The monoisotopic (exact) mass is 370 g/mol. The number of carbonyl (C=O) groups is 1. The normalized spacial score (nSPS) is 18.0. The van der Waals surface area contributed by atoms with E-state index in [0.717, 1.165) is 19.3 Å². The van der Waals surface area contributed by atoms with Gasteiger partial charge in [0.25, 0.3) is 0 Å². The fraction of sp³-hybridized carbons (Fsp3) is 0.588. The van der Waals surface area contributed by atoms with Gasteiger partial charge in [0, 0.05) is 31.6 Å². The van der Waals surface area contributed by atoms with Gasteiger partial charge in [0.05, 0.1) is 24.9 Å². The molecule has 0 bridgehead atoms. The van der Waals surface area contributed by atoms with Crippen LogP contribution in [0.4, 0.5) is 0 Å². The molecule has 1 saturated heterocycles. The Morgan fingerprint density at radius 1 is 1.24 bits per heavy atom. The molecule has 1 amide bonds. The van der Waals surface area contributed by atoms with Gasteiger partial charge in [0.2, 0.25) is 5.91 Å². The number of benzene rings is 1. The average molecular weight is 370 g/mol. The van der Waals surface area contributed by atoms with Gasteiger partial charge in [-0.25, -0.2) is 8.42 Å². The number of nitrogens with two attached hydrogens (primary N) is 1. The molecule has 140 valence electrons. The second kappa shape index (κ2) is 8.53. The van der Waals surface area contributed by atoms with Crippen molar-refractivity contribution >= 4 is 15.7 Å². The summed E-state index contributed by atoms with van der Waals surface area (Å²) < 4.78 is 35.3.